The number of hydrogen-bond donors (Lipinski definition) is 2. The van der Waals surface area contributed by atoms with Gasteiger partial charge < -0.3 is 15.2 Å². The number of rotatable bonds is 5. The summed E-state index contributed by atoms with van der Waals surface area (Å²) in [6.07, 6.45) is 4.60. The van der Waals surface area contributed by atoms with Crippen LogP contribution >= 0.6 is 36.2 Å². The first-order valence-corrected chi connectivity index (χ1v) is 11.0. The topological polar surface area (TPSA) is 44.0 Å². The summed E-state index contributed by atoms with van der Waals surface area (Å²) in [5.74, 6) is 0.735. The van der Waals surface area contributed by atoms with Crippen LogP contribution in [0.5, 0.6) is 0 Å². The molecule has 0 bridgehead atoms. The van der Waals surface area contributed by atoms with E-state index in [-0.39, 0.29) is 24.8 Å². The van der Waals surface area contributed by atoms with E-state index in [0.717, 1.165) is 31.1 Å². The van der Waals surface area contributed by atoms with Gasteiger partial charge in [-0.05, 0) is 56.0 Å². The van der Waals surface area contributed by atoms with Crippen molar-refractivity contribution in [3.63, 3.8) is 0 Å². The van der Waals surface area contributed by atoms with Gasteiger partial charge in [0.05, 0.1) is 10.2 Å². The van der Waals surface area contributed by atoms with Crippen LogP contribution in [0.1, 0.15) is 31.4 Å². The molecule has 1 saturated heterocycles. The third-order valence-electron chi connectivity index (χ3n) is 5.97. The first-order valence-electron chi connectivity index (χ1n) is 10.2. The zero-order valence-electron chi connectivity index (χ0n) is 17.0. The molecule has 0 radical (unpaired) electrons. The van der Waals surface area contributed by atoms with Gasteiger partial charge in [0.2, 0.25) is 0 Å². The average Bonchev–Trinajstić information content (AvgIpc) is 3.36. The van der Waals surface area contributed by atoms with E-state index < -0.39 is 0 Å². The number of anilines is 1. The second-order valence-electron chi connectivity index (χ2n) is 7.81. The number of halogens is 2. The van der Waals surface area contributed by atoms with Gasteiger partial charge in [-0.15, -0.1) is 24.8 Å². The van der Waals surface area contributed by atoms with Gasteiger partial charge in [0.1, 0.15) is 0 Å². The second kappa shape index (κ2) is 10.0. The molecule has 3 heterocycles. The summed E-state index contributed by atoms with van der Waals surface area (Å²) in [5, 5.41) is 6.28. The van der Waals surface area contributed by atoms with Crippen molar-refractivity contribution in [1.82, 2.24) is 15.3 Å². The predicted molar refractivity (Wildman–Crippen MR) is 134 cm³/mol. The highest BCUT2D eigenvalue weighted by atomic mass is 35.5. The first kappa shape index (κ1) is 22.9. The Hall–Kier alpha value is -1.79. The first-order chi connectivity index (χ1) is 13.8. The number of nitrogens with one attached hydrogen (secondary N) is 2. The number of hydrogen-bond acceptors (Lipinski definition) is 4. The largest absolute Gasteiger partial charge is 0.361 e. The van der Waals surface area contributed by atoms with Crippen molar-refractivity contribution in [3.8, 4) is 0 Å². The number of aromatic amines is 1. The van der Waals surface area contributed by atoms with Gasteiger partial charge in [-0.2, -0.15) is 0 Å². The van der Waals surface area contributed by atoms with Crippen molar-refractivity contribution >= 4 is 62.4 Å². The van der Waals surface area contributed by atoms with Crippen molar-refractivity contribution in [3.05, 3.63) is 60.3 Å². The number of para-hydroxylation sites is 2. The number of piperidine rings is 1. The fourth-order valence-electron chi connectivity index (χ4n) is 4.23. The van der Waals surface area contributed by atoms with Gasteiger partial charge in [-0.3, -0.25) is 0 Å². The lowest BCUT2D eigenvalue weighted by molar-refractivity contribution is 0.368. The molecule has 7 heteroatoms. The quantitative estimate of drug-likeness (QED) is 0.371. The summed E-state index contributed by atoms with van der Waals surface area (Å²) < 4.78 is 1.29. The Morgan fingerprint density at radius 3 is 2.63 bits per heavy atom. The molecule has 160 valence electrons. The van der Waals surface area contributed by atoms with Crippen molar-refractivity contribution in [2.24, 2.45) is 5.92 Å². The van der Waals surface area contributed by atoms with Crippen molar-refractivity contribution in [2.45, 2.75) is 25.8 Å². The fraction of sp³-hybridized carbons (Fsp3) is 0.348. The standard InChI is InChI=1S/C23H26N4S.2ClH/c1-16(19-15-25-20-7-3-2-6-18(19)20)24-14-17-10-12-27(13-11-17)23-26-21-8-4-5-9-22(21)28-23;;/h2-9,15-17,24-25H,10-14H2,1H3;2*1H. The van der Waals surface area contributed by atoms with Crippen LogP contribution in [0.4, 0.5) is 5.13 Å². The molecule has 1 aliphatic rings. The molecule has 2 aromatic carbocycles. The van der Waals surface area contributed by atoms with Gasteiger partial charge in [0.25, 0.3) is 0 Å². The Balaban J connectivity index is 0.00000128. The van der Waals surface area contributed by atoms with Crippen LogP contribution in [0.3, 0.4) is 0 Å². The van der Waals surface area contributed by atoms with Crippen LogP contribution in [0.2, 0.25) is 0 Å². The molecule has 5 rings (SSSR count). The predicted octanol–water partition coefficient (Wildman–Crippen LogP) is 6.19. The van der Waals surface area contributed by atoms with E-state index >= 15 is 0 Å². The smallest absolute Gasteiger partial charge is 0.186 e. The third kappa shape index (κ3) is 4.59. The SMILES string of the molecule is CC(NCC1CCN(c2nc3ccccc3s2)CC1)c1c[nH]c2ccccc12.Cl.Cl. The van der Waals surface area contributed by atoms with Crippen molar-refractivity contribution < 1.29 is 0 Å². The lowest BCUT2D eigenvalue weighted by atomic mass is 9.96. The minimum absolute atomic E-state index is 0. The molecule has 1 atom stereocenters. The molecule has 0 amide bonds. The van der Waals surface area contributed by atoms with Gasteiger partial charge in [-0.1, -0.05) is 41.7 Å². The molecule has 0 saturated carbocycles. The van der Waals surface area contributed by atoms with Crippen LogP contribution in [0.15, 0.2) is 54.7 Å². The highest BCUT2D eigenvalue weighted by Gasteiger charge is 2.22. The van der Waals surface area contributed by atoms with Crippen LogP contribution < -0.4 is 10.2 Å². The minimum Gasteiger partial charge on any atom is -0.361 e. The highest BCUT2D eigenvalue weighted by Crippen LogP contribution is 2.31. The highest BCUT2D eigenvalue weighted by molar-refractivity contribution is 7.22. The Morgan fingerprint density at radius 1 is 1.10 bits per heavy atom. The Morgan fingerprint density at radius 2 is 1.83 bits per heavy atom. The van der Waals surface area contributed by atoms with Crippen molar-refractivity contribution in [2.75, 3.05) is 24.5 Å². The van der Waals surface area contributed by atoms with Crippen LogP contribution in [0, 0.1) is 5.92 Å². The van der Waals surface area contributed by atoms with Crippen LogP contribution in [0.25, 0.3) is 21.1 Å². The van der Waals surface area contributed by atoms with Gasteiger partial charge in [0.15, 0.2) is 5.13 Å². The Kier molecular flexibility index (Phi) is 7.64. The third-order valence-corrected chi connectivity index (χ3v) is 7.07. The zero-order valence-corrected chi connectivity index (χ0v) is 19.5. The second-order valence-corrected chi connectivity index (χ2v) is 8.82. The van der Waals surface area contributed by atoms with E-state index in [4.69, 9.17) is 4.98 Å². The van der Waals surface area contributed by atoms with E-state index in [9.17, 15) is 0 Å². The van der Waals surface area contributed by atoms with E-state index in [0.29, 0.717) is 6.04 Å². The number of thiazole rings is 1. The van der Waals surface area contributed by atoms with Crippen molar-refractivity contribution in [1.29, 1.82) is 0 Å². The maximum atomic E-state index is 4.82. The van der Waals surface area contributed by atoms with E-state index in [1.165, 1.54) is 39.1 Å². The van der Waals surface area contributed by atoms with E-state index in [2.05, 4.69) is 76.9 Å². The lowest BCUT2D eigenvalue weighted by Gasteiger charge is -2.32. The molecule has 4 aromatic rings. The zero-order chi connectivity index (χ0) is 18.9. The molecule has 0 aliphatic carbocycles. The molecule has 30 heavy (non-hydrogen) atoms. The summed E-state index contributed by atoms with van der Waals surface area (Å²) >= 11 is 1.82. The van der Waals surface area contributed by atoms with E-state index in [1.807, 2.05) is 11.3 Å². The van der Waals surface area contributed by atoms with Gasteiger partial charge in [0, 0.05) is 36.2 Å². The van der Waals surface area contributed by atoms with Gasteiger partial charge >= 0.3 is 0 Å². The number of benzene rings is 2. The van der Waals surface area contributed by atoms with E-state index in [1.54, 1.807) is 0 Å². The van der Waals surface area contributed by atoms with Gasteiger partial charge in [-0.25, -0.2) is 4.98 Å². The number of aromatic nitrogens is 2. The van der Waals surface area contributed by atoms with Crippen LogP contribution in [-0.4, -0.2) is 29.6 Å². The molecule has 0 spiro atoms. The molecule has 1 aliphatic heterocycles. The summed E-state index contributed by atoms with van der Waals surface area (Å²) in [5.41, 5.74) is 3.71. The van der Waals surface area contributed by atoms with Crippen LogP contribution in [-0.2, 0) is 0 Å². The Labute approximate surface area is 193 Å². The summed E-state index contributed by atoms with van der Waals surface area (Å²) in [6, 6.07) is 17.3. The summed E-state index contributed by atoms with van der Waals surface area (Å²) in [7, 11) is 0. The number of nitrogens with zero attached hydrogens (tertiary/aromatic N) is 2. The molecular weight excluding hydrogens is 435 g/mol. The molecular formula is C23H28Cl2N4S. The molecule has 2 aromatic heterocycles. The molecule has 4 nitrogen and oxygen atoms in total. The summed E-state index contributed by atoms with van der Waals surface area (Å²) in [4.78, 5) is 10.7. The summed E-state index contributed by atoms with van der Waals surface area (Å²) in [6.45, 7) is 5.56. The Bertz CT molecular complexity index is 1050. The average molecular weight is 463 g/mol. The molecule has 1 unspecified atom stereocenters. The fourth-order valence-corrected chi connectivity index (χ4v) is 5.25. The minimum atomic E-state index is 0. The molecule has 2 N–H and O–H groups in total. The number of H-pyrrole nitrogens is 1. The normalized spacial score (nSPS) is 15.7. The maximum absolute atomic E-state index is 4.82. The molecule has 1 fully saturated rings. The monoisotopic (exact) mass is 462 g/mol. The maximum Gasteiger partial charge on any atom is 0.186 e. The lowest BCUT2D eigenvalue weighted by Crippen LogP contribution is -2.37. The number of fused-ring (bicyclic) bond motifs is 2.